The SMILES string of the molecule is NCCOCCOCCNc1nc(NC2CCCCCC2)nc(N2CCCC2)n1. The van der Waals surface area contributed by atoms with Gasteiger partial charge in [0.05, 0.1) is 26.4 Å². The molecule has 0 radical (unpaired) electrons. The van der Waals surface area contributed by atoms with Gasteiger partial charge in [-0.15, -0.1) is 0 Å². The van der Waals surface area contributed by atoms with Crippen LogP contribution in [0.25, 0.3) is 0 Å². The Morgan fingerprint density at radius 2 is 1.52 bits per heavy atom. The first kappa shape index (κ1) is 22.0. The minimum absolute atomic E-state index is 0.455. The molecular weight excluding hydrogens is 370 g/mol. The lowest BCUT2D eigenvalue weighted by Gasteiger charge is -2.20. The fourth-order valence-electron chi connectivity index (χ4n) is 3.81. The van der Waals surface area contributed by atoms with E-state index in [0.29, 0.717) is 57.5 Å². The second-order valence-corrected chi connectivity index (χ2v) is 7.75. The second-order valence-electron chi connectivity index (χ2n) is 7.75. The van der Waals surface area contributed by atoms with Gasteiger partial charge in [-0.3, -0.25) is 0 Å². The van der Waals surface area contributed by atoms with Gasteiger partial charge in [0.2, 0.25) is 17.8 Å². The third kappa shape index (κ3) is 7.91. The molecule has 0 spiro atoms. The maximum absolute atomic E-state index is 5.57. The lowest BCUT2D eigenvalue weighted by molar-refractivity contribution is 0.0547. The van der Waals surface area contributed by atoms with Crippen LogP contribution in [-0.4, -0.2) is 73.6 Å². The molecule has 1 aromatic rings. The standard InChI is InChI=1S/C20H37N7O2/c21-9-13-28-15-16-29-14-10-22-18-24-19(23-17-7-3-1-2-4-8-17)26-20(25-18)27-11-5-6-12-27/h17H,1-16,21H2,(H2,22,23,24,25,26). The number of hydrogen-bond donors (Lipinski definition) is 3. The smallest absolute Gasteiger partial charge is 0.231 e. The fraction of sp³-hybridized carbons (Fsp3) is 0.850. The number of aromatic nitrogens is 3. The number of ether oxygens (including phenoxy) is 2. The van der Waals surface area contributed by atoms with Gasteiger partial charge in [-0.1, -0.05) is 25.7 Å². The third-order valence-corrected chi connectivity index (χ3v) is 5.36. The van der Waals surface area contributed by atoms with E-state index in [9.17, 15) is 0 Å². The van der Waals surface area contributed by atoms with E-state index in [2.05, 4.69) is 25.5 Å². The molecule has 1 saturated carbocycles. The van der Waals surface area contributed by atoms with Crippen LogP contribution in [0.4, 0.5) is 17.8 Å². The Labute approximate surface area is 174 Å². The minimum Gasteiger partial charge on any atom is -0.378 e. The minimum atomic E-state index is 0.455. The Balaban J connectivity index is 1.52. The summed E-state index contributed by atoms with van der Waals surface area (Å²) >= 11 is 0. The monoisotopic (exact) mass is 407 g/mol. The van der Waals surface area contributed by atoms with Gasteiger partial charge in [-0.2, -0.15) is 15.0 Å². The first-order chi connectivity index (χ1) is 14.3. The number of nitrogens with two attached hydrogens (primary N) is 1. The molecule has 9 heteroatoms. The van der Waals surface area contributed by atoms with Crippen molar-refractivity contribution >= 4 is 17.8 Å². The molecule has 1 saturated heterocycles. The Hall–Kier alpha value is -1.71. The summed E-state index contributed by atoms with van der Waals surface area (Å²) in [6.45, 7) is 5.48. The van der Waals surface area contributed by atoms with E-state index in [1.165, 1.54) is 51.4 Å². The van der Waals surface area contributed by atoms with Crippen LogP contribution in [0.2, 0.25) is 0 Å². The van der Waals surface area contributed by atoms with Gasteiger partial charge >= 0.3 is 0 Å². The molecule has 2 heterocycles. The van der Waals surface area contributed by atoms with E-state index >= 15 is 0 Å². The molecule has 0 aromatic carbocycles. The zero-order chi connectivity index (χ0) is 20.2. The summed E-state index contributed by atoms with van der Waals surface area (Å²) in [4.78, 5) is 16.2. The predicted molar refractivity (Wildman–Crippen MR) is 116 cm³/mol. The molecule has 164 valence electrons. The van der Waals surface area contributed by atoms with Crippen molar-refractivity contribution in [1.29, 1.82) is 0 Å². The molecule has 2 aliphatic rings. The molecule has 29 heavy (non-hydrogen) atoms. The van der Waals surface area contributed by atoms with Crippen LogP contribution in [0.5, 0.6) is 0 Å². The van der Waals surface area contributed by atoms with E-state index in [-0.39, 0.29) is 0 Å². The molecule has 4 N–H and O–H groups in total. The maximum Gasteiger partial charge on any atom is 0.231 e. The zero-order valence-corrected chi connectivity index (χ0v) is 17.6. The highest BCUT2D eigenvalue weighted by Crippen LogP contribution is 2.22. The van der Waals surface area contributed by atoms with Gasteiger partial charge in [0.25, 0.3) is 0 Å². The van der Waals surface area contributed by atoms with E-state index in [1.54, 1.807) is 0 Å². The van der Waals surface area contributed by atoms with Crippen molar-refractivity contribution in [3.05, 3.63) is 0 Å². The predicted octanol–water partition coefficient (Wildman–Crippen LogP) is 2.01. The highest BCUT2D eigenvalue weighted by atomic mass is 16.5. The van der Waals surface area contributed by atoms with Crippen LogP contribution in [0.3, 0.4) is 0 Å². The quantitative estimate of drug-likeness (QED) is 0.354. The van der Waals surface area contributed by atoms with Crippen LogP contribution < -0.4 is 21.3 Å². The molecular formula is C20H37N7O2. The van der Waals surface area contributed by atoms with Gasteiger partial charge in [-0.05, 0) is 25.7 Å². The zero-order valence-electron chi connectivity index (χ0n) is 17.6. The van der Waals surface area contributed by atoms with Crippen LogP contribution in [0.15, 0.2) is 0 Å². The molecule has 1 aromatic heterocycles. The van der Waals surface area contributed by atoms with Crippen molar-refractivity contribution < 1.29 is 9.47 Å². The van der Waals surface area contributed by atoms with Gasteiger partial charge < -0.3 is 30.7 Å². The summed E-state index contributed by atoms with van der Waals surface area (Å²) in [6, 6.07) is 0.455. The number of rotatable bonds is 12. The van der Waals surface area contributed by atoms with Crippen molar-refractivity contribution in [2.45, 2.75) is 57.4 Å². The number of anilines is 3. The van der Waals surface area contributed by atoms with E-state index in [4.69, 9.17) is 20.2 Å². The Bertz CT molecular complexity index is 576. The number of nitrogens with zero attached hydrogens (tertiary/aromatic N) is 4. The first-order valence-corrected chi connectivity index (χ1v) is 11.2. The van der Waals surface area contributed by atoms with Crippen molar-refractivity contribution in [3.63, 3.8) is 0 Å². The number of nitrogens with one attached hydrogen (secondary N) is 2. The molecule has 2 fully saturated rings. The summed E-state index contributed by atoms with van der Waals surface area (Å²) in [6.07, 6.45) is 9.98. The topological polar surface area (TPSA) is 110 Å². The van der Waals surface area contributed by atoms with Crippen molar-refractivity contribution in [2.24, 2.45) is 5.73 Å². The van der Waals surface area contributed by atoms with Crippen LogP contribution >= 0.6 is 0 Å². The summed E-state index contributed by atoms with van der Waals surface area (Å²) in [5.74, 6) is 2.07. The van der Waals surface area contributed by atoms with E-state index in [0.717, 1.165) is 19.0 Å². The average molecular weight is 408 g/mol. The van der Waals surface area contributed by atoms with Crippen molar-refractivity contribution in [3.8, 4) is 0 Å². The van der Waals surface area contributed by atoms with Crippen LogP contribution in [-0.2, 0) is 9.47 Å². The van der Waals surface area contributed by atoms with Gasteiger partial charge in [0.15, 0.2) is 0 Å². The van der Waals surface area contributed by atoms with Gasteiger partial charge in [0, 0.05) is 32.2 Å². The molecule has 0 atom stereocenters. The number of hydrogen-bond acceptors (Lipinski definition) is 9. The van der Waals surface area contributed by atoms with E-state index in [1.807, 2.05) is 0 Å². The summed E-state index contributed by atoms with van der Waals surface area (Å²) < 4.78 is 10.9. The Morgan fingerprint density at radius 1 is 0.828 bits per heavy atom. The van der Waals surface area contributed by atoms with Crippen molar-refractivity contribution in [1.82, 2.24) is 15.0 Å². The second kappa shape index (κ2) is 12.8. The highest BCUT2D eigenvalue weighted by molar-refractivity contribution is 5.44. The summed E-state index contributed by atoms with van der Waals surface area (Å²) in [5.41, 5.74) is 5.39. The first-order valence-electron chi connectivity index (χ1n) is 11.2. The largest absolute Gasteiger partial charge is 0.378 e. The molecule has 0 amide bonds. The lowest BCUT2D eigenvalue weighted by atomic mass is 10.1. The molecule has 1 aliphatic carbocycles. The van der Waals surface area contributed by atoms with Crippen LogP contribution in [0.1, 0.15) is 51.4 Å². The summed E-state index contributed by atoms with van der Waals surface area (Å²) in [5, 5.41) is 6.85. The maximum atomic E-state index is 5.57. The Kier molecular flexibility index (Phi) is 9.68. The molecule has 0 unspecified atom stereocenters. The molecule has 9 nitrogen and oxygen atoms in total. The Morgan fingerprint density at radius 3 is 2.24 bits per heavy atom. The van der Waals surface area contributed by atoms with Crippen molar-refractivity contribution in [2.75, 3.05) is 68.1 Å². The molecule has 0 bridgehead atoms. The summed E-state index contributed by atoms with van der Waals surface area (Å²) in [7, 11) is 0. The average Bonchev–Trinajstić information content (AvgIpc) is 3.16. The fourth-order valence-corrected chi connectivity index (χ4v) is 3.81. The highest BCUT2D eigenvalue weighted by Gasteiger charge is 2.19. The molecule has 1 aliphatic heterocycles. The van der Waals surface area contributed by atoms with Crippen LogP contribution in [0, 0.1) is 0 Å². The third-order valence-electron chi connectivity index (χ3n) is 5.36. The molecule has 3 rings (SSSR count). The normalized spacial score (nSPS) is 18.0. The lowest BCUT2D eigenvalue weighted by Crippen LogP contribution is -2.25. The van der Waals surface area contributed by atoms with Gasteiger partial charge in [0.1, 0.15) is 0 Å². The van der Waals surface area contributed by atoms with Gasteiger partial charge in [-0.25, -0.2) is 0 Å². The van der Waals surface area contributed by atoms with E-state index < -0.39 is 0 Å².